The van der Waals surface area contributed by atoms with E-state index >= 15 is 0 Å². The monoisotopic (exact) mass is 818 g/mol. The Hall–Kier alpha value is -5.84. The molecule has 5 aromatic rings. The maximum Gasteiger partial charge on any atom is 0.407 e. The number of ether oxygens (including phenoxy) is 3. The van der Waals surface area contributed by atoms with Gasteiger partial charge < -0.3 is 39.3 Å². The van der Waals surface area contributed by atoms with E-state index in [2.05, 4.69) is 74.2 Å². The van der Waals surface area contributed by atoms with E-state index < -0.39 is 24.6 Å². The van der Waals surface area contributed by atoms with Gasteiger partial charge in [0.1, 0.15) is 17.7 Å². The van der Waals surface area contributed by atoms with Gasteiger partial charge in [-0.1, -0.05) is 76.2 Å². The first-order chi connectivity index (χ1) is 29.0. The molecule has 0 spiro atoms. The molecule has 0 radical (unpaired) electrons. The number of methoxy groups -OCH3 is 1. The topological polar surface area (TPSA) is 185 Å². The number of imidazole rings is 2. The fourth-order valence-corrected chi connectivity index (χ4v) is 8.49. The van der Waals surface area contributed by atoms with E-state index in [1.54, 1.807) is 10.9 Å². The molecule has 2 aromatic carbocycles. The maximum absolute atomic E-state index is 13.9. The number of hydrogen-bond donors (Lipinski definition) is 4. The summed E-state index contributed by atoms with van der Waals surface area (Å²) in [5, 5.41) is 10.3. The number of nitrogens with one attached hydrogen (secondary N) is 4. The Morgan fingerprint density at radius 3 is 1.92 bits per heavy atom. The van der Waals surface area contributed by atoms with Gasteiger partial charge in [-0.3, -0.25) is 19.6 Å². The van der Waals surface area contributed by atoms with Gasteiger partial charge in [0.15, 0.2) is 6.79 Å². The number of hydrogen-bond acceptors (Lipinski definition) is 10. The molecule has 16 heteroatoms. The van der Waals surface area contributed by atoms with Gasteiger partial charge >= 0.3 is 6.09 Å². The van der Waals surface area contributed by atoms with Crippen LogP contribution in [0.5, 0.6) is 0 Å². The first-order valence-corrected chi connectivity index (χ1v) is 20.8. The van der Waals surface area contributed by atoms with Crippen LogP contribution in [0.15, 0.2) is 67.0 Å². The average Bonchev–Trinajstić information content (AvgIpc) is 4.09. The SMILES string of the molecule is COC(=O)N[C@H](C(=O)N1CCC[C@H]1c1nc(-c2ccc(-c3ccc(-c4cnc([C@@H]5CCCN5C(=O)[C@@H](NC5OCO5)C(C)C)[nH]4)cc3)cc2)c(-c2ccnn2C)[nH]1)C(C)C. The van der Waals surface area contributed by atoms with Gasteiger partial charge in [0.05, 0.1) is 54.2 Å². The van der Waals surface area contributed by atoms with Crippen LogP contribution in [0.1, 0.15) is 77.1 Å². The van der Waals surface area contributed by atoms with E-state index in [1.807, 2.05) is 56.8 Å². The molecule has 0 bridgehead atoms. The third kappa shape index (κ3) is 8.18. The first-order valence-electron chi connectivity index (χ1n) is 20.8. The minimum absolute atomic E-state index is 0.0273. The van der Waals surface area contributed by atoms with Crippen LogP contribution in [-0.2, 0) is 30.8 Å². The molecule has 3 fully saturated rings. The van der Waals surface area contributed by atoms with E-state index in [9.17, 15) is 14.4 Å². The number of nitrogens with zero attached hydrogens (tertiary/aromatic N) is 6. The highest BCUT2D eigenvalue weighted by molar-refractivity contribution is 5.87. The van der Waals surface area contributed by atoms with E-state index in [4.69, 9.17) is 24.2 Å². The highest BCUT2D eigenvalue weighted by atomic mass is 16.9. The zero-order valence-electron chi connectivity index (χ0n) is 35.0. The number of benzene rings is 2. The normalized spacial score (nSPS) is 19.2. The Labute approximate surface area is 349 Å². The Bertz CT molecular complexity index is 2290. The largest absolute Gasteiger partial charge is 0.453 e. The summed E-state index contributed by atoms with van der Waals surface area (Å²) < 4.78 is 17.3. The summed E-state index contributed by atoms with van der Waals surface area (Å²) in [4.78, 5) is 60.5. The van der Waals surface area contributed by atoms with Crippen LogP contribution in [0.3, 0.4) is 0 Å². The molecule has 0 aliphatic carbocycles. The second-order valence-corrected chi connectivity index (χ2v) is 16.4. The average molecular weight is 819 g/mol. The van der Waals surface area contributed by atoms with Crippen LogP contribution in [0.4, 0.5) is 4.79 Å². The second kappa shape index (κ2) is 17.4. The van der Waals surface area contributed by atoms with Crippen LogP contribution in [-0.4, -0.2) is 103 Å². The van der Waals surface area contributed by atoms with E-state index in [1.165, 1.54) is 7.11 Å². The summed E-state index contributed by atoms with van der Waals surface area (Å²) in [6.07, 6.45) is 5.71. The minimum Gasteiger partial charge on any atom is -0.453 e. The third-order valence-corrected chi connectivity index (χ3v) is 11.9. The molecule has 0 saturated carbocycles. The summed E-state index contributed by atoms with van der Waals surface area (Å²) in [5.74, 6) is 1.26. The number of carbonyl (C=O) groups is 3. The lowest BCUT2D eigenvalue weighted by molar-refractivity contribution is -0.335. The van der Waals surface area contributed by atoms with Crippen molar-refractivity contribution in [2.75, 3.05) is 27.0 Å². The fraction of sp³-hybridized carbons (Fsp3) is 0.455. The molecule has 60 heavy (non-hydrogen) atoms. The molecular weight excluding hydrogens is 765 g/mol. The van der Waals surface area contributed by atoms with Gasteiger partial charge in [-0.05, 0) is 60.3 Å². The molecule has 6 heterocycles. The van der Waals surface area contributed by atoms with Crippen molar-refractivity contribution in [1.82, 2.24) is 50.1 Å². The van der Waals surface area contributed by atoms with Crippen LogP contribution in [0, 0.1) is 11.8 Å². The third-order valence-electron chi connectivity index (χ3n) is 11.9. The summed E-state index contributed by atoms with van der Waals surface area (Å²) in [6.45, 7) is 9.32. The number of aryl methyl sites for hydroxylation is 1. The predicted molar refractivity (Wildman–Crippen MR) is 223 cm³/mol. The van der Waals surface area contributed by atoms with Gasteiger partial charge in [-0.15, -0.1) is 0 Å². The zero-order valence-corrected chi connectivity index (χ0v) is 35.0. The van der Waals surface area contributed by atoms with Crippen molar-refractivity contribution in [3.63, 3.8) is 0 Å². The van der Waals surface area contributed by atoms with Crippen LogP contribution >= 0.6 is 0 Å². The molecule has 3 saturated heterocycles. The number of aromatic nitrogens is 6. The van der Waals surface area contributed by atoms with Crippen molar-refractivity contribution in [2.24, 2.45) is 18.9 Å². The zero-order chi connectivity index (χ0) is 42.1. The smallest absolute Gasteiger partial charge is 0.407 e. The molecule has 3 aromatic heterocycles. The highest BCUT2D eigenvalue weighted by Crippen LogP contribution is 2.38. The maximum atomic E-state index is 13.9. The van der Waals surface area contributed by atoms with Crippen molar-refractivity contribution in [3.8, 4) is 45.0 Å². The van der Waals surface area contributed by atoms with Gasteiger partial charge in [-0.25, -0.2) is 14.8 Å². The Morgan fingerprint density at radius 1 is 0.783 bits per heavy atom. The first kappa shape index (κ1) is 40.9. The number of alkyl carbamates (subject to hydrolysis) is 1. The molecule has 8 rings (SSSR count). The minimum atomic E-state index is -0.725. The molecule has 3 aliphatic heterocycles. The summed E-state index contributed by atoms with van der Waals surface area (Å²) in [7, 11) is 3.18. The molecule has 16 nitrogen and oxygen atoms in total. The second-order valence-electron chi connectivity index (χ2n) is 16.4. The van der Waals surface area contributed by atoms with Crippen molar-refractivity contribution in [3.05, 3.63) is 78.6 Å². The molecule has 4 atom stereocenters. The predicted octanol–water partition coefficient (Wildman–Crippen LogP) is 6.14. The van der Waals surface area contributed by atoms with Crippen LogP contribution in [0.2, 0.25) is 0 Å². The highest BCUT2D eigenvalue weighted by Gasteiger charge is 2.40. The number of H-pyrrole nitrogens is 2. The number of rotatable bonds is 13. The summed E-state index contributed by atoms with van der Waals surface area (Å²) >= 11 is 0. The number of carbonyl (C=O) groups excluding carboxylic acids is 3. The lowest BCUT2D eigenvalue weighted by atomic mass is 10.0. The molecule has 316 valence electrons. The van der Waals surface area contributed by atoms with Crippen molar-refractivity contribution in [2.45, 2.75) is 84.0 Å². The van der Waals surface area contributed by atoms with Crippen molar-refractivity contribution < 1.29 is 28.6 Å². The number of likely N-dealkylation sites (tertiary alicyclic amines) is 2. The summed E-state index contributed by atoms with van der Waals surface area (Å²) in [5.41, 5.74) is 7.35. The fourth-order valence-electron chi connectivity index (χ4n) is 8.49. The van der Waals surface area contributed by atoms with Gasteiger partial charge in [0.25, 0.3) is 0 Å². The lowest BCUT2D eigenvalue weighted by Crippen LogP contribution is -2.56. The molecular formula is C44H54N10O6. The molecule has 3 aliphatic rings. The standard InChI is InChI=1S/C44H54N10O6/c1-25(2)35(50-43(57)58-6)41(55)54-22-8-10-34(54)40-48-37(38(49-40)32-19-20-46-52(32)5)30-17-13-28(14-18-30)27-11-15-29(16-12-27)31-23-45-39(47-31)33-9-7-21-53(33)42(56)36(26(3)4)51-44-59-24-60-44/h11-20,23,25-26,33-36,44,51H,7-10,21-22,24H2,1-6H3,(H,45,47)(H,48,49)(H,50,57)/t33-,34-,35-,36-/m0/s1. The van der Waals surface area contributed by atoms with Crippen molar-refractivity contribution in [1.29, 1.82) is 0 Å². The van der Waals surface area contributed by atoms with Gasteiger partial charge in [0.2, 0.25) is 18.2 Å². The van der Waals surface area contributed by atoms with E-state index in [-0.39, 0.29) is 42.5 Å². The van der Waals surface area contributed by atoms with Gasteiger partial charge in [-0.2, -0.15) is 5.10 Å². The van der Waals surface area contributed by atoms with Crippen LogP contribution < -0.4 is 10.6 Å². The molecule has 4 N–H and O–H groups in total. The Kier molecular flexibility index (Phi) is 11.9. The molecule has 3 amide bonds. The van der Waals surface area contributed by atoms with E-state index in [0.29, 0.717) is 18.9 Å². The number of amides is 3. The Balaban J connectivity index is 0.993. The van der Waals surface area contributed by atoms with Crippen molar-refractivity contribution >= 4 is 17.9 Å². The Morgan fingerprint density at radius 2 is 1.37 bits per heavy atom. The van der Waals surface area contributed by atoms with Crippen LogP contribution in [0.25, 0.3) is 45.0 Å². The van der Waals surface area contributed by atoms with E-state index in [0.717, 1.165) is 76.5 Å². The lowest BCUT2D eigenvalue weighted by Gasteiger charge is -2.35. The number of aromatic amines is 2. The summed E-state index contributed by atoms with van der Waals surface area (Å²) in [6, 6.07) is 17.0. The van der Waals surface area contributed by atoms with Gasteiger partial charge in [0, 0.05) is 31.9 Å². The quantitative estimate of drug-likeness (QED) is 0.108. The molecule has 0 unspecified atom stereocenters.